The smallest absolute Gasteiger partial charge is 0.257 e. The zero-order valence-corrected chi connectivity index (χ0v) is 17.5. The van der Waals surface area contributed by atoms with Crippen molar-refractivity contribution in [1.82, 2.24) is 10.2 Å². The van der Waals surface area contributed by atoms with Crippen LogP contribution < -0.4 is 5.32 Å². The lowest BCUT2D eigenvalue weighted by atomic mass is 10.1. The van der Waals surface area contributed by atoms with Gasteiger partial charge in [0.1, 0.15) is 0 Å². The normalized spacial score (nSPS) is 10.9. The molecule has 0 fully saturated rings. The van der Waals surface area contributed by atoms with Gasteiger partial charge in [-0.25, -0.2) is 0 Å². The van der Waals surface area contributed by atoms with Gasteiger partial charge in [0.05, 0.1) is 0 Å². The molecule has 0 radical (unpaired) electrons. The highest BCUT2D eigenvalue weighted by atomic mass is 35.5. The topological polar surface area (TPSA) is 54.9 Å². The Balaban J connectivity index is 1.41. The van der Waals surface area contributed by atoms with Gasteiger partial charge in [-0.2, -0.15) is 0 Å². The Bertz CT molecular complexity index is 1160. The number of fused-ring (bicyclic) bond motifs is 1. The Labute approximate surface area is 179 Å². The van der Waals surface area contributed by atoms with Crippen LogP contribution in [0.1, 0.15) is 15.9 Å². The number of carbonyl (C=O) groups is 1. The number of amides is 1. The molecule has 0 atom stereocenters. The first-order valence-electron chi connectivity index (χ1n) is 8.29. The Hall–Kier alpha value is -2.12. The van der Waals surface area contributed by atoms with Gasteiger partial charge in [0, 0.05) is 21.4 Å². The fourth-order valence-corrected chi connectivity index (χ4v) is 4.90. The van der Waals surface area contributed by atoms with E-state index in [1.54, 1.807) is 18.2 Å². The zero-order valence-electron chi connectivity index (χ0n) is 14.4. The molecule has 0 unspecified atom stereocenters. The fraction of sp³-hybridized carbons (Fsp3) is 0.0500. The van der Waals surface area contributed by atoms with Gasteiger partial charge in [-0.05, 0) is 40.6 Å². The summed E-state index contributed by atoms with van der Waals surface area (Å²) in [5.74, 6) is 0.433. The molecule has 1 amide bonds. The highest BCUT2D eigenvalue weighted by Gasteiger charge is 2.12. The minimum Gasteiger partial charge on any atom is -0.296 e. The van der Waals surface area contributed by atoms with Crippen molar-refractivity contribution in [3.05, 3.63) is 81.8 Å². The number of thioether (sulfide) groups is 1. The monoisotopic (exact) mass is 445 g/mol. The standard InChI is InChI=1S/C20H13Cl2N3OS2/c21-16-8-7-15(17(22)10-16)11-27-20-25-24-19(28-20)23-18(26)14-6-5-12-3-1-2-4-13(12)9-14/h1-10H,11H2,(H,23,24,26). The van der Waals surface area contributed by atoms with Gasteiger partial charge in [0.25, 0.3) is 5.91 Å². The van der Waals surface area contributed by atoms with Crippen LogP contribution in [0.15, 0.2) is 65.0 Å². The van der Waals surface area contributed by atoms with E-state index in [4.69, 9.17) is 23.2 Å². The number of anilines is 1. The van der Waals surface area contributed by atoms with Crippen molar-refractivity contribution in [2.24, 2.45) is 0 Å². The molecule has 28 heavy (non-hydrogen) atoms. The van der Waals surface area contributed by atoms with Crippen LogP contribution in [0.4, 0.5) is 5.13 Å². The van der Waals surface area contributed by atoms with Crippen LogP contribution in [0.5, 0.6) is 0 Å². The first kappa shape index (κ1) is 19.2. The van der Waals surface area contributed by atoms with Crippen LogP contribution in [0, 0.1) is 0 Å². The summed E-state index contributed by atoms with van der Waals surface area (Å²) in [6, 6.07) is 18.9. The molecule has 140 valence electrons. The van der Waals surface area contributed by atoms with Crippen molar-refractivity contribution in [3.8, 4) is 0 Å². The molecule has 0 saturated carbocycles. The van der Waals surface area contributed by atoms with Crippen LogP contribution in [0.2, 0.25) is 10.0 Å². The minimum atomic E-state index is -0.209. The lowest BCUT2D eigenvalue weighted by Gasteiger charge is -2.03. The molecule has 8 heteroatoms. The summed E-state index contributed by atoms with van der Waals surface area (Å²) in [5, 5.41) is 14.8. The van der Waals surface area contributed by atoms with Crippen LogP contribution in [0.25, 0.3) is 10.8 Å². The Morgan fingerprint density at radius 1 is 1.00 bits per heavy atom. The van der Waals surface area contributed by atoms with Gasteiger partial charge in [0.15, 0.2) is 4.34 Å². The third kappa shape index (κ3) is 4.47. The van der Waals surface area contributed by atoms with Gasteiger partial charge in [-0.3, -0.25) is 10.1 Å². The highest BCUT2D eigenvalue weighted by molar-refractivity contribution is 8.00. The first-order chi connectivity index (χ1) is 13.6. The Kier molecular flexibility index (Phi) is 5.82. The molecule has 0 aliphatic rings. The minimum absolute atomic E-state index is 0.209. The van der Waals surface area contributed by atoms with Crippen LogP contribution in [-0.4, -0.2) is 16.1 Å². The molecular formula is C20H13Cl2N3OS2. The second-order valence-electron chi connectivity index (χ2n) is 5.91. The van der Waals surface area contributed by atoms with E-state index in [0.29, 0.717) is 26.5 Å². The summed E-state index contributed by atoms with van der Waals surface area (Å²) >= 11 is 14.9. The second kappa shape index (κ2) is 8.49. The highest BCUT2D eigenvalue weighted by Crippen LogP contribution is 2.31. The molecule has 0 aliphatic heterocycles. The number of benzene rings is 3. The number of halogens is 2. The number of hydrogen-bond donors (Lipinski definition) is 1. The van der Waals surface area contributed by atoms with Gasteiger partial charge < -0.3 is 0 Å². The average Bonchev–Trinajstić information content (AvgIpc) is 3.14. The average molecular weight is 446 g/mol. The van der Waals surface area contributed by atoms with Gasteiger partial charge in [-0.15, -0.1) is 10.2 Å². The molecule has 1 aromatic heterocycles. The van der Waals surface area contributed by atoms with Crippen LogP contribution in [0.3, 0.4) is 0 Å². The van der Waals surface area contributed by atoms with Crippen LogP contribution >= 0.6 is 46.3 Å². The summed E-state index contributed by atoms with van der Waals surface area (Å²) in [7, 11) is 0. The van der Waals surface area contributed by atoms with E-state index in [1.807, 2.05) is 42.5 Å². The lowest BCUT2D eigenvalue weighted by molar-refractivity contribution is 0.102. The SMILES string of the molecule is O=C(Nc1nnc(SCc2ccc(Cl)cc2Cl)s1)c1ccc2ccccc2c1. The summed E-state index contributed by atoms with van der Waals surface area (Å²) in [6.45, 7) is 0. The number of hydrogen-bond acceptors (Lipinski definition) is 5. The summed E-state index contributed by atoms with van der Waals surface area (Å²) in [5.41, 5.74) is 1.55. The molecule has 0 aliphatic carbocycles. The number of rotatable bonds is 5. The number of aromatic nitrogens is 2. The van der Waals surface area contributed by atoms with Gasteiger partial charge in [-0.1, -0.05) is 82.7 Å². The third-order valence-electron chi connectivity index (χ3n) is 4.00. The molecular weight excluding hydrogens is 433 g/mol. The van der Waals surface area contributed by atoms with Crippen molar-refractivity contribution in [1.29, 1.82) is 0 Å². The lowest BCUT2D eigenvalue weighted by Crippen LogP contribution is -2.11. The molecule has 4 aromatic rings. The Morgan fingerprint density at radius 3 is 2.64 bits per heavy atom. The maximum Gasteiger partial charge on any atom is 0.257 e. The molecule has 4 rings (SSSR count). The van der Waals surface area contributed by atoms with E-state index in [9.17, 15) is 4.79 Å². The predicted octanol–water partition coefficient (Wildman–Crippen LogP) is 6.54. The van der Waals surface area contributed by atoms with Crippen molar-refractivity contribution in [3.63, 3.8) is 0 Å². The molecule has 1 heterocycles. The summed E-state index contributed by atoms with van der Waals surface area (Å²) < 4.78 is 0.750. The second-order valence-corrected chi connectivity index (χ2v) is 8.96. The number of carbonyl (C=O) groups excluding carboxylic acids is 1. The van der Waals surface area contributed by atoms with E-state index in [-0.39, 0.29) is 5.91 Å². The predicted molar refractivity (Wildman–Crippen MR) is 118 cm³/mol. The summed E-state index contributed by atoms with van der Waals surface area (Å²) in [4.78, 5) is 12.5. The maximum absolute atomic E-state index is 12.5. The van der Waals surface area contributed by atoms with E-state index in [0.717, 1.165) is 20.7 Å². The largest absolute Gasteiger partial charge is 0.296 e. The molecule has 1 N–H and O–H groups in total. The molecule has 4 nitrogen and oxygen atoms in total. The van der Waals surface area contributed by atoms with Crippen molar-refractivity contribution in [2.75, 3.05) is 5.32 Å². The molecule has 0 spiro atoms. The maximum atomic E-state index is 12.5. The van der Waals surface area contributed by atoms with E-state index in [1.165, 1.54) is 23.1 Å². The number of nitrogens with one attached hydrogen (secondary N) is 1. The van der Waals surface area contributed by atoms with Crippen molar-refractivity contribution >= 4 is 68.1 Å². The third-order valence-corrected chi connectivity index (χ3v) is 6.61. The van der Waals surface area contributed by atoms with E-state index in [2.05, 4.69) is 15.5 Å². The summed E-state index contributed by atoms with van der Waals surface area (Å²) in [6.07, 6.45) is 0. The van der Waals surface area contributed by atoms with E-state index >= 15 is 0 Å². The fourth-order valence-electron chi connectivity index (χ4n) is 2.60. The van der Waals surface area contributed by atoms with Gasteiger partial charge >= 0.3 is 0 Å². The number of nitrogens with zero attached hydrogens (tertiary/aromatic N) is 2. The van der Waals surface area contributed by atoms with Crippen molar-refractivity contribution < 1.29 is 4.79 Å². The zero-order chi connectivity index (χ0) is 19.5. The molecule has 3 aromatic carbocycles. The van der Waals surface area contributed by atoms with E-state index < -0.39 is 0 Å². The Morgan fingerprint density at radius 2 is 1.82 bits per heavy atom. The van der Waals surface area contributed by atoms with Crippen molar-refractivity contribution in [2.45, 2.75) is 10.1 Å². The molecule has 0 saturated heterocycles. The van der Waals surface area contributed by atoms with Gasteiger partial charge in [0.2, 0.25) is 5.13 Å². The quantitative estimate of drug-likeness (QED) is 0.279. The first-order valence-corrected chi connectivity index (χ1v) is 10.8. The molecule has 0 bridgehead atoms. The van der Waals surface area contributed by atoms with Crippen LogP contribution in [-0.2, 0) is 5.75 Å².